The van der Waals surface area contributed by atoms with E-state index in [1.165, 1.54) is 43.4 Å². The number of nitrogens with one attached hydrogen (secondary N) is 1. The topological polar surface area (TPSA) is 24.5 Å². The maximum Gasteiger partial charge on any atom is 0.0707 e. The Balaban J connectivity index is 1.44. The monoisotopic (exact) mass is 288 g/mol. The Bertz CT molecular complexity index is 449. The number of rotatable bonds is 6. The summed E-state index contributed by atoms with van der Waals surface area (Å²) in [6.45, 7) is 7.70. The van der Waals surface area contributed by atoms with Crippen LogP contribution in [0, 0.1) is 0 Å². The number of fused-ring (bicyclic) bond motifs is 1. The minimum Gasteiger partial charge on any atom is -0.372 e. The second-order valence-electron chi connectivity index (χ2n) is 6.42. The smallest absolute Gasteiger partial charge is 0.0707 e. The van der Waals surface area contributed by atoms with Crippen molar-refractivity contribution in [1.82, 2.24) is 10.2 Å². The maximum absolute atomic E-state index is 6.19. The number of nitrogens with zero attached hydrogens (tertiary/aromatic N) is 1. The van der Waals surface area contributed by atoms with Gasteiger partial charge in [0.25, 0.3) is 0 Å². The summed E-state index contributed by atoms with van der Waals surface area (Å²) in [4.78, 5) is 2.56. The van der Waals surface area contributed by atoms with Crippen LogP contribution in [0.5, 0.6) is 0 Å². The fourth-order valence-corrected chi connectivity index (χ4v) is 3.50. The molecule has 3 rings (SSSR count). The molecule has 1 fully saturated rings. The zero-order chi connectivity index (χ0) is 14.5. The number of hydrogen-bond donors (Lipinski definition) is 1. The minimum absolute atomic E-state index is 0.429. The van der Waals surface area contributed by atoms with Crippen molar-refractivity contribution < 1.29 is 4.74 Å². The van der Waals surface area contributed by atoms with Gasteiger partial charge in [-0.1, -0.05) is 31.2 Å². The van der Waals surface area contributed by atoms with Crippen LogP contribution in [0.3, 0.4) is 0 Å². The van der Waals surface area contributed by atoms with Gasteiger partial charge in [-0.05, 0) is 43.4 Å². The zero-order valence-electron chi connectivity index (χ0n) is 13.2. The molecule has 0 aromatic heterocycles. The molecule has 0 spiro atoms. The van der Waals surface area contributed by atoms with Gasteiger partial charge in [0.15, 0.2) is 0 Å². The van der Waals surface area contributed by atoms with E-state index >= 15 is 0 Å². The van der Waals surface area contributed by atoms with E-state index in [-0.39, 0.29) is 0 Å². The quantitative estimate of drug-likeness (QED) is 0.814. The Kier molecular flexibility index (Phi) is 5.28. The Labute approximate surface area is 128 Å². The Hall–Kier alpha value is -0.900. The third-order valence-corrected chi connectivity index (χ3v) is 4.67. The summed E-state index contributed by atoms with van der Waals surface area (Å²) in [5, 5.41) is 3.48. The van der Waals surface area contributed by atoms with Gasteiger partial charge in [0, 0.05) is 26.2 Å². The highest BCUT2D eigenvalue weighted by Crippen LogP contribution is 2.23. The third-order valence-electron chi connectivity index (χ3n) is 4.67. The average Bonchev–Trinajstić information content (AvgIpc) is 2.95. The highest BCUT2D eigenvalue weighted by Gasteiger charge is 2.27. The lowest BCUT2D eigenvalue weighted by atomic mass is 9.99. The molecule has 1 aromatic rings. The van der Waals surface area contributed by atoms with Crippen molar-refractivity contribution in [1.29, 1.82) is 0 Å². The van der Waals surface area contributed by atoms with E-state index in [9.17, 15) is 0 Å². The molecule has 0 aliphatic carbocycles. The van der Waals surface area contributed by atoms with Gasteiger partial charge in [0.2, 0.25) is 0 Å². The van der Waals surface area contributed by atoms with Crippen molar-refractivity contribution in [3.8, 4) is 0 Å². The van der Waals surface area contributed by atoms with E-state index in [1.54, 1.807) is 0 Å². The predicted octanol–water partition coefficient (Wildman–Crippen LogP) is 2.59. The van der Waals surface area contributed by atoms with E-state index in [0.717, 1.165) is 26.2 Å². The molecule has 2 atom stereocenters. The highest BCUT2D eigenvalue weighted by atomic mass is 16.5. The maximum atomic E-state index is 6.19. The molecule has 1 aromatic carbocycles. The van der Waals surface area contributed by atoms with Crippen LogP contribution in [0.1, 0.15) is 37.3 Å². The second-order valence-corrected chi connectivity index (χ2v) is 6.42. The van der Waals surface area contributed by atoms with Crippen LogP contribution in [0.2, 0.25) is 0 Å². The van der Waals surface area contributed by atoms with Gasteiger partial charge in [-0.3, -0.25) is 4.90 Å². The van der Waals surface area contributed by atoms with Crippen LogP contribution < -0.4 is 5.32 Å². The van der Waals surface area contributed by atoms with Crippen molar-refractivity contribution in [3.05, 3.63) is 35.4 Å². The van der Waals surface area contributed by atoms with Crippen LogP contribution in [-0.4, -0.2) is 43.3 Å². The van der Waals surface area contributed by atoms with Crippen LogP contribution in [0.25, 0.3) is 0 Å². The number of ether oxygens (including phenoxy) is 1. The number of hydrogen-bond acceptors (Lipinski definition) is 3. The molecular weight excluding hydrogens is 260 g/mol. The van der Waals surface area contributed by atoms with Gasteiger partial charge in [0.1, 0.15) is 0 Å². The first-order valence-corrected chi connectivity index (χ1v) is 8.50. The molecule has 2 unspecified atom stereocenters. The molecular formula is C18H28N2O. The Morgan fingerprint density at radius 1 is 1.19 bits per heavy atom. The SMILES string of the molecule is CCCNCC1CCC(CN2CCc3ccccc3C2)O1. The molecule has 1 N–H and O–H groups in total. The minimum atomic E-state index is 0.429. The van der Waals surface area contributed by atoms with Crippen LogP contribution >= 0.6 is 0 Å². The standard InChI is InChI=1S/C18H28N2O/c1-2-10-19-12-17-7-8-18(21-17)14-20-11-9-15-5-3-4-6-16(15)13-20/h3-6,17-19H,2,7-14H2,1H3. The lowest BCUT2D eigenvalue weighted by Gasteiger charge is -2.30. The van der Waals surface area contributed by atoms with Gasteiger partial charge in [-0.25, -0.2) is 0 Å². The first-order valence-electron chi connectivity index (χ1n) is 8.50. The summed E-state index contributed by atoms with van der Waals surface area (Å²) in [6, 6.07) is 8.86. The largest absolute Gasteiger partial charge is 0.372 e. The van der Waals surface area contributed by atoms with Crippen LogP contribution in [0.4, 0.5) is 0 Å². The van der Waals surface area contributed by atoms with E-state index < -0.39 is 0 Å². The van der Waals surface area contributed by atoms with E-state index in [4.69, 9.17) is 4.74 Å². The second kappa shape index (κ2) is 7.39. The summed E-state index contributed by atoms with van der Waals surface area (Å²) >= 11 is 0. The van der Waals surface area contributed by atoms with Gasteiger partial charge in [-0.15, -0.1) is 0 Å². The first kappa shape index (κ1) is 15.0. The number of benzene rings is 1. The molecule has 1 saturated heterocycles. The van der Waals surface area contributed by atoms with Gasteiger partial charge in [0.05, 0.1) is 12.2 Å². The fourth-order valence-electron chi connectivity index (χ4n) is 3.50. The van der Waals surface area contributed by atoms with Gasteiger partial charge >= 0.3 is 0 Å². The molecule has 3 nitrogen and oxygen atoms in total. The van der Waals surface area contributed by atoms with Gasteiger partial charge in [-0.2, -0.15) is 0 Å². The molecule has 0 saturated carbocycles. The van der Waals surface area contributed by atoms with E-state index in [1.807, 2.05) is 0 Å². The first-order chi connectivity index (χ1) is 10.3. The summed E-state index contributed by atoms with van der Waals surface area (Å²) in [7, 11) is 0. The van der Waals surface area contributed by atoms with Crippen molar-refractivity contribution in [2.45, 2.75) is 51.4 Å². The van der Waals surface area contributed by atoms with Crippen LogP contribution in [0.15, 0.2) is 24.3 Å². The molecule has 2 aliphatic heterocycles. The van der Waals surface area contributed by atoms with Crippen molar-refractivity contribution >= 4 is 0 Å². The normalized spacial score (nSPS) is 26.0. The average molecular weight is 288 g/mol. The van der Waals surface area contributed by atoms with Crippen LogP contribution in [-0.2, 0) is 17.7 Å². The molecule has 0 amide bonds. The molecule has 2 aliphatic rings. The van der Waals surface area contributed by atoms with E-state index in [0.29, 0.717) is 12.2 Å². The lowest BCUT2D eigenvalue weighted by molar-refractivity contribution is 0.0209. The Morgan fingerprint density at radius 2 is 2.00 bits per heavy atom. The van der Waals surface area contributed by atoms with Crippen molar-refractivity contribution in [3.63, 3.8) is 0 Å². The summed E-state index contributed by atoms with van der Waals surface area (Å²) in [6.07, 6.45) is 5.68. The lowest BCUT2D eigenvalue weighted by Crippen LogP contribution is -2.37. The molecule has 21 heavy (non-hydrogen) atoms. The van der Waals surface area contributed by atoms with Crippen molar-refractivity contribution in [2.75, 3.05) is 26.2 Å². The summed E-state index contributed by atoms with van der Waals surface area (Å²) in [5.41, 5.74) is 3.03. The van der Waals surface area contributed by atoms with Gasteiger partial charge < -0.3 is 10.1 Å². The molecule has 0 radical (unpaired) electrons. The van der Waals surface area contributed by atoms with Crippen molar-refractivity contribution in [2.24, 2.45) is 0 Å². The molecule has 2 heterocycles. The summed E-state index contributed by atoms with van der Waals surface area (Å²) in [5.74, 6) is 0. The highest BCUT2D eigenvalue weighted by molar-refractivity contribution is 5.29. The molecule has 116 valence electrons. The molecule has 3 heteroatoms. The zero-order valence-corrected chi connectivity index (χ0v) is 13.2. The Morgan fingerprint density at radius 3 is 2.86 bits per heavy atom. The third kappa shape index (κ3) is 4.06. The predicted molar refractivity (Wildman–Crippen MR) is 86.5 cm³/mol. The fraction of sp³-hybridized carbons (Fsp3) is 0.667. The molecule has 0 bridgehead atoms. The summed E-state index contributed by atoms with van der Waals surface area (Å²) < 4.78 is 6.19. The van der Waals surface area contributed by atoms with E-state index in [2.05, 4.69) is 41.4 Å².